The van der Waals surface area contributed by atoms with Gasteiger partial charge in [0, 0.05) is 13.2 Å². The molecule has 1 heterocycles. The highest BCUT2D eigenvalue weighted by Gasteiger charge is 2.12. The maximum absolute atomic E-state index is 11.4. The Balaban J connectivity index is 1.98. The molecule has 21 heavy (non-hydrogen) atoms. The average molecular weight is 285 g/mol. The first-order valence-electron chi connectivity index (χ1n) is 6.74. The number of carbonyl (C=O) groups excluding carboxylic acids is 1. The number of ether oxygens (including phenoxy) is 1. The van der Waals surface area contributed by atoms with Crippen molar-refractivity contribution in [1.29, 1.82) is 0 Å². The van der Waals surface area contributed by atoms with Crippen LogP contribution in [0.2, 0.25) is 0 Å². The number of rotatable bonds is 6. The summed E-state index contributed by atoms with van der Waals surface area (Å²) in [5, 5.41) is 0. The molecule has 1 aromatic carbocycles. The number of anilines is 1. The lowest BCUT2D eigenvalue weighted by molar-refractivity contribution is 0.100. The molecule has 1 amide bonds. The van der Waals surface area contributed by atoms with Crippen LogP contribution in [0, 0.1) is 6.92 Å². The zero-order valence-electron chi connectivity index (χ0n) is 12.2. The second-order valence-corrected chi connectivity index (χ2v) is 4.77. The van der Waals surface area contributed by atoms with Gasteiger partial charge in [0.1, 0.15) is 18.2 Å². The van der Waals surface area contributed by atoms with E-state index in [1.54, 1.807) is 18.3 Å². The standard InChI is InChI=1S/C16H19N3O2/c1-12-6-3-4-8-14(12)21-11-10-19(2)16-13(15(17)20)7-5-9-18-16/h3-9H,10-11H2,1-2H3,(H2,17,20). The van der Waals surface area contributed by atoms with Gasteiger partial charge in [-0.1, -0.05) is 18.2 Å². The van der Waals surface area contributed by atoms with Gasteiger partial charge in [0.25, 0.3) is 5.91 Å². The number of para-hydroxylation sites is 1. The van der Waals surface area contributed by atoms with Gasteiger partial charge in [0.15, 0.2) is 0 Å². The summed E-state index contributed by atoms with van der Waals surface area (Å²) in [6.45, 7) is 3.10. The number of primary amides is 1. The summed E-state index contributed by atoms with van der Waals surface area (Å²) in [6, 6.07) is 11.2. The number of amides is 1. The highest BCUT2D eigenvalue weighted by Crippen LogP contribution is 2.17. The molecule has 0 saturated carbocycles. The minimum atomic E-state index is -0.482. The summed E-state index contributed by atoms with van der Waals surface area (Å²) in [6.07, 6.45) is 1.64. The lowest BCUT2D eigenvalue weighted by Crippen LogP contribution is -2.27. The van der Waals surface area contributed by atoms with Crippen LogP contribution < -0.4 is 15.4 Å². The van der Waals surface area contributed by atoms with Gasteiger partial charge >= 0.3 is 0 Å². The molecule has 0 bridgehead atoms. The quantitative estimate of drug-likeness (QED) is 0.881. The summed E-state index contributed by atoms with van der Waals surface area (Å²) in [5.41, 5.74) is 6.86. The number of nitrogens with zero attached hydrogens (tertiary/aromatic N) is 2. The minimum absolute atomic E-state index is 0.413. The Bertz CT molecular complexity index is 628. The molecule has 0 aliphatic carbocycles. The van der Waals surface area contributed by atoms with E-state index in [0.717, 1.165) is 11.3 Å². The van der Waals surface area contributed by atoms with Gasteiger partial charge in [-0.25, -0.2) is 4.98 Å². The molecule has 5 nitrogen and oxygen atoms in total. The Morgan fingerprint density at radius 1 is 1.29 bits per heavy atom. The fourth-order valence-corrected chi connectivity index (χ4v) is 2.01. The second-order valence-electron chi connectivity index (χ2n) is 4.77. The van der Waals surface area contributed by atoms with Gasteiger partial charge in [0.2, 0.25) is 0 Å². The number of benzene rings is 1. The lowest BCUT2D eigenvalue weighted by atomic mass is 10.2. The fraction of sp³-hybridized carbons (Fsp3) is 0.250. The molecule has 0 aliphatic rings. The summed E-state index contributed by atoms with van der Waals surface area (Å²) in [7, 11) is 1.86. The zero-order chi connectivity index (χ0) is 15.2. The minimum Gasteiger partial charge on any atom is -0.491 e. The third kappa shape index (κ3) is 3.72. The number of aryl methyl sites for hydroxylation is 1. The average Bonchev–Trinajstić information content (AvgIpc) is 2.49. The van der Waals surface area contributed by atoms with Crippen molar-refractivity contribution in [3.05, 3.63) is 53.7 Å². The fourth-order valence-electron chi connectivity index (χ4n) is 2.01. The van der Waals surface area contributed by atoms with E-state index in [4.69, 9.17) is 10.5 Å². The number of carbonyl (C=O) groups is 1. The van der Waals surface area contributed by atoms with Crippen LogP contribution in [-0.2, 0) is 0 Å². The molecule has 0 saturated heterocycles. The largest absolute Gasteiger partial charge is 0.491 e. The zero-order valence-corrected chi connectivity index (χ0v) is 12.2. The van der Waals surface area contributed by atoms with E-state index >= 15 is 0 Å². The molecule has 0 aliphatic heterocycles. The van der Waals surface area contributed by atoms with Gasteiger partial charge in [0.05, 0.1) is 12.1 Å². The predicted molar refractivity (Wildman–Crippen MR) is 82.7 cm³/mol. The molecular weight excluding hydrogens is 266 g/mol. The number of nitrogens with two attached hydrogens (primary N) is 1. The normalized spacial score (nSPS) is 10.2. The first-order chi connectivity index (χ1) is 10.1. The van der Waals surface area contributed by atoms with Crippen LogP contribution in [0.1, 0.15) is 15.9 Å². The van der Waals surface area contributed by atoms with Crippen LogP contribution in [0.3, 0.4) is 0 Å². The van der Waals surface area contributed by atoms with Gasteiger partial charge in [-0.2, -0.15) is 0 Å². The third-order valence-corrected chi connectivity index (χ3v) is 3.19. The van der Waals surface area contributed by atoms with Crippen molar-refractivity contribution in [3.8, 4) is 5.75 Å². The monoisotopic (exact) mass is 285 g/mol. The molecule has 2 N–H and O–H groups in total. The molecule has 0 fully saturated rings. The van der Waals surface area contributed by atoms with Crippen LogP contribution in [-0.4, -0.2) is 31.1 Å². The molecule has 2 aromatic rings. The van der Waals surface area contributed by atoms with Gasteiger partial charge in [-0.3, -0.25) is 4.79 Å². The van der Waals surface area contributed by atoms with Crippen molar-refractivity contribution < 1.29 is 9.53 Å². The number of hydrogen-bond donors (Lipinski definition) is 1. The van der Waals surface area contributed by atoms with Crippen molar-refractivity contribution in [2.24, 2.45) is 5.73 Å². The Morgan fingerprint density at radius 2 is 2.05 bits per heavy atom. The van der Waals surface area contributed by atoms with Crippen LogP contribution in [0.4, 0.5) is 5.82 Å². The van der Waals surface area contributed by atoms with Crippen LogP contribution in [0.5, 0.6) is 5.75 Å². The van der Waals surface area contributed by atoms with Crippen molar-refractivity contribution in [2.45, 2.75) is 6.92 Å². The predicted octanol–water partition coefficient (Wildman–Crippen LogP) is 2.00. The number of aromatic nitrogens is 1. The molecule has 2 rings (SSSR count). The van der Waals surface area contributed by atoms with Crippen molar-refractivity contribution >= 4 is 11.7 Å². The Morgan fingerprint density at radius 3 is 2.76 bits per heavy atom. The van der Waals surface area contributed by atoms with E-state index < -0.39 is 5.91 Å². The van der Waals surface area contributed by atoms with Gasteiger partial charge in [-0.15, -0.1) is 0 Å². The van der Waals surface area contributed by atoms with Gasteiger partial charge < -0.3 is 15.4 Å². The highest BCUT2D eigenvalue weighted by atomic mass is 16.5. The number of likely N-dealkylation sites (N-methyl/N-ethyl adjacent to an activating group) is 1. The summed E-state index contributed by atoms with van der Waals surface area (Å²) < 4.78 is 5.74. The van der Waals surface area contributed by atoms with E-state index in [-0.39, 0.29) is 0 Å². The van der Waals surface area contributed by atoms with E-state index in [9.17, 15) is 4.79 Å². The Kier molecular flexibility index (Phi) is 4.77. The summed E-state index contributed by atoms with van der Waals surface area (Å²) in [4.78, 5) is 17.5. The third-order valence-electron chi connectivity index (χ3n) is 3.19. The number of pyridine rings is 1. The highest BCUT2D eigenvalue weighted by molar-refractivity contribution is 5.97. The van der Waals surface area contributed by atoms with Crippen molar-refractivity contribution in [3.63, 3.8) is 0 Å². The number of hydrogen-bond acceptors (Lipinski definition) is 4. The maximum atomic E-state index is 11.4. The van der Waals surface area contributed by atoms with Crippen molar-refractivity contribution in [1.82, 2.24) is 4.98 Å². The first-order valence-corrected chi connectivity index (χ1v) is 6.74. The van der Waals surface area contributed by atoms with Crippen LogP contribution in [0.25, 0.3) is 0 Å². The lowest BCUT2D eigenvalue weighted by Gasteiger charge is -2.20. The molecule has 0 unspecified atom stereocenters. The first kappa shape index (κ1) is 14.8. The molecule has 110 valence electrons. The van der Waals surface area contributed by atoms with E-state index in [1.807, 2.05) is 43.1 Å². The molecule has 0 radical (unpaired) electrons. The Hall–Kier alpha value is -2.56. The maximum Gasteiger partial charge on any atom is 0.252 e. The van der Waals surface area contributed by atoms with Crippen LogP contribution in [0.15, 0.2) is 42.6 Å². The molecular formula is C16H19N3O2. The smallest absolute Gasteiger partial charge is 0.252 e. The second kappa shape index (κ2) is 6.74. The summed E-state index contributed by atoms with van der Waals surface area (Å²) in [5.74, 6) is 0.949. The summed E-state index contributed by atoms with van der Waals surface area (Å²) >= 11 is 0. The molecule has 0 spiro atoms. The van der Waals surface area contributed by atoms with Gasteiger partial charge in [-0.05, 0) is 30.7 Å². The molecule has 5 heteroatoms. The van der Waals surface area contributed by atoms with Crippen molar-refractivity contribution in [2.75, 3.05) is 25.1 Å². The van der Waals surface area contributed by atoms with E-state index in [2.05, 4.69) is 4.98 Å². The molecule has 0 atom stereocenters. The molecule has 1 aromatic heterocycles. The Labute approximate surface area is 124 Å². The van der Waals surface area contributed by atoms with E-state index in [1.165, 1.54) is 0 Å². The SMILES string of the molecule is Cc1ccccc1OCCN(C)c1ncccc1C(N)=O. The topological polar surface area (TPSA) is 68.4 Å². The van der Waals surface area contributed by atoms with E-state index in [0.29, 0.717) is 24.5 Å². The van der Waals surface area contributed by atoms with Crippen LogP contribution >= 0.6 is 0 Å².